The van der Waals surface area contributed by atoms with Crippen LogP contribution in [-0.2, 0) is 17.6 Å². The molecular formula is C19H17BrO3. The van der Waals surface area contributed by atoms with Crippen molar-refractivity contribution in [2.24, 2.45) is 0 Å². The summed E-state index contributed by atoms with van der Waals surface area (Å²) in [6.07, 6.45) is 2.44. The van der Waals surface area contributed by atoms with E-state index in [2.05, 4.69) is 15.9 Å². The van der Waals surface area contributed by atoms with Crippen LogP contribution in [0.2, 0.25) is 0 Å². The van der Waals surface area contributed by atoms with Crippen LogP contribution >= 0.6 is 15.9 Å². The Bertz CT molecular complexity index is 750. The molecule has 3 rings (SSSR count). The Morgan fingerprint density at radius 2 is 1.65 bits per heavy atom. The van der Waals surface area contributed by atoms with Crippen LogP contribution in [0.4, 0.5) is 0 Å². The van der Waals surface area contributed by atoms with Crippen molar-refractivity contribution in [3.05, 3.63) is 69.2 Å². The second-order valence-corrected chi connectivity index (χ2v) is 6.67. The van der Waals surface area contributed by atoms with E-state index < -0.39 is 12.1 Å². The maximum absolute atomic E-state index is 12.5. The van der Waals surface area contributed by atoms with Crippen LogP contribution in [0.15, 0.2) is 46.9 Å². The van der Waals surface area contributed by atoms with Gasteiger partial charge in [0.2, 0.25) is 5.78 Å². The van der Waals surface area contributed by atoms with Crippen LogP contribution in [0.3, 0.4) is 0 Å². The third-order valence-electron chi connectivity index (χ3n) is 4.12. The predicted octanol–water partition coefficient (Wildman–Crippen LogP) is 4.37. The summed E-state index contributed by atoms with van der Waals surface area (Å²) in [5.74, 6) is -0.648. The van der Waals surface area contributed by atoms with E-state index in [9.17, 15) is 9.59 Å². The Labute approximate surface area is 143 Å². The number of hydrogen-bond donors (Lipinski definition) is 0. The van der Waals surface area contributed by atoms with Gasteiger partial charge in [-0.15, -0.1) is 0 Å². The van der Waals surface area contributed by atoms with Gasteiger partial charge in [0, 0.05) is 10.0 Å². The fourth-order valence-electron chi connectivity index (χ4n) is 2.83. The third-order valence-corrected chi connectivity index (χ3v) is 4.64. The van der Waals surface area contributed by atoms with Gasteiger partial charge in [-0.05, 0) is 67.6 Å². The van der Waals surface area contributed by atoms with Gasteiger partial charge in [-0.25, -0.2) is 4.79 Å². The molecule has 0 saturated carbocycles. The number of hydrogen-bond acceptors (Lipinski definition) is 3. The highest BCUT2D eigenvalue weighted by Crippen LogP contribution is 2.23. The predicted molar refractivity (Wildman–Crippen MR) is 91.8 cm³/mol. The van der Waals surface area contributed by atoms with Crippen molar-refractivity contribution in [1.82, 2.24) is 0 Å². The molecule has 0 fully saturated rings. The maximum Gasteiger partial charge on any atom is 0.338 e. The molecule has 4 heteroatoms. The number of rotatable bonds is 4. The number of carbonyl (C=O) groups is 2. The number of aryl methyl sites for hydroxylation is 2. The minimum atomic E-state index is -0.800. The highest BCUT2D eigenvalue weighted by Gasteiger charge is 2.22. The molecule has 0 amide bonds. The van der Waals surface area contributed by atoms with Crippen LogP contribution < -0.4 is 0 Å². The lowest BCUT2D eigenvalue weighted by atomic mass is 10.0. The van der Waals surface area contributed by atoms with Crippen molar-refractivity contribution in [3.63, 3.8) is 0 Å². The monoisotopic (exact) mass is 372 g/mol. The summed E-state index contributed by atoms with van der Waals surface area (Å²) >= 11 is 3.32. The summed E-state index contributed by atoms with van der Waals surface area (Å²) < 4.78 is 6.19. The Morgan fingerprint density at radius 3 is 2.39 bits per heavy atom. The van der Waals surface area contributed by atoms with E-state index in [1.54, 1.807) is 31.2 Å². The highest BCUT2D eigenvalue weighted by molar-refractivity contribution is 9.10. The Hall–Kier alpha value is -1.94. The minimum absolute atomic E-state index is 0.162. The van der Waals surface area contributed by atoms with Crippen LogP contribution in [-0.4, -0.2) is 17.9 Å². The maximum atomic E-state index is 12.5. The average Bonchev–Trinajstić information content (AvgIpc) is 3.02. The highest BCUT2D eigenvalue weighted by atomic mass is 79.9. The van der Waals surface area contributed by atoms with E-state index in [0.29, 0.717) is 11.1 Å². The van der Waals surface area contributed by atoms with Gasteiger partial charge >= 0.3 is 5.97 Å². The molecule has 1 atom stereocenters. The molecule has 0 saturated heterocycles. The van der Waals surface area contributed by atoms with Gasteiger partial charge in [0.05, 0.1) is 5.56 Å². The first kappa shape index (κ1) is 15.9. The fourth-order valence-corrected chi connectivity index (χ4v) is 3.09. The topological polar surface area (TPSA) is 43.4 Å². The number of fused-ring (bicyclic) bond motifs is 1. The zero-order valence-electron chi connectivity index (χ0n) is 12.8. The molecule has 0 heterocycles. The largest absolute Gasteiger partial charge is 0.451 e. The van der Waals surface area contributed by atoms with E-state index in [0.717, 1.165) is 23.7 Å². The standard InChI is InChI=1S/C19H17BrO3/c1-12(23-19(22)14-7-9-17(20)10-8-14)18(21)16-6-5-13-3-2-4-15(13)11-16/h5-12H,2-4H2,1H3/t12-/m1/s1. The van der Waals surface area contributed by atoms with Gasteiger partial charge in [-0.3, -0.25) is 4.79 Å². The lowest BCUT2D eigenvalue weighted by molar-refractivity contribution is 0.0319. The molecule has 1 aliphatic rings. The summed E-state index contributed by atoms with van der Waals surface area (Å²) in [6.45, 7) is 1.62. The molecule has 3 nitrogen and oxygen atoms in total. The van der Waals surface area contributed by atoms with E-state index in [4.69, 9.17) is 4.74 Å². The number of benzene rings is 2. The zero-order chi connectivity index (χ0) is 16.4. The van der Waals surface area contributed by atoms with Crippen molar-refractivity contribution >= 4 is 27.7 Å². The molecule has 1 aliphatic carbocycles. The molecule has 2 aromatic rings. The Balaban J connectivity index is 1.70. The van der Waals surface area contributed by atoms with Crippen LogP contribution in [0, 0.1) is 0 Å². The van der Waals surface area contributed by atoms with E-state index in [1.165, 1.54) is 11.1 Å². The van der Waals surface area contributed by atoms with Gasteiger partial charge in [0.25, 0.3) is 0 Å². The fraction of sp³-hybridized carbons (Fsp3) is 0.263. The summed E-state index contributed by atoms with van der Waals surface area (Å²) in [7, 11) is 0. The SMILES string of the molecule is C[C@@H](OC(=O)c1ccc(Br)cc1)C(=O)c1ccc2c(c1)CCC2. The first-order valence-corrected chi connectivity index (χ1v) is 8.46. The smallest absolute Gasteiger partial charge is 0.338 e. The number of halogens is 1. The third kappa shape index (κ3) is 3.53. The van der Waals surface area contributed by atoms with Crippen molar-refractivity contribution in [3.8, 4) is 0 Å². The Kier molecular flexibility index (Phi) is 4.62. The van der Waals surface area contributed by atoms with Gasteiger partial charge in [-0.1, -0.05) is 28.1 Å². The van der Waals surface area contributed by atoms with E-state index >= 15 is 0 Å². The second kappa shape index (κ2) is 6.67. The molecule has 0 aromatic heterocycles. The molecule has 23 heavy (non-hydrogen) atoms. The van der Waals surface area contributed by atoms with Crippen molar-refractivity contribution in [2.45, 2.75) is 32.3 Å². The lowest BCUT2D eigenvalue weighted by Crippen LogP contribution is -2.24. The van der Waals surface area contributed by atoms with Crippen molar-refractivity contribution in [2.75, 3.05) is 0 Å². The number of ketones is 1. The molecule has 0 radical (unpaired) electrons. The van der Waals surface area contributed by atoms with Crippen molar-refractivity contribution < 1.29 is 14.3 Å². The quantitative estimate of drug-likeness (QED) is 0.591. The first-order chi connectivity index (χ1) is 11.0. The molecule has 0 aliphatic heterocycles. The van der Waals surface area contributed by atoms with Crippen LogP contribution in [0.25, 0.3) is 0 Å². The number of carbonyl (C=O) groups excluding carboxylic acids is 2. The molecular weight excluding hydrogens is 356 g/mol. The second-order valence-electron chi connectivity index (χ2n) is 5.76. The molecule has 118 valence electrons. The van der Waals surface area contributed by atoms with Crippen LogP contribution in [0.1, 0.15) is 45.2 Å². The molecule has 0 bridgehead atoms. The molecule has 0 unspecified atom stereocenters. The van der Waals surface area contributed by atoms with Gasteiger partial charge < -0.3 is 4.74 Å². The number of Topliss-reactive ketones (excluding diaryl/α,β-unsaturated/α-hetero) is 1. The van der Waals surface area contributed by atoms with Gasteiger partial charge in [0.15, 0.2) is 6.10 Å². The minimum Gasteiger partial charge on any atom is -0.451 e. The summed E-state index contributed by atoms with van der Waals surface area (Å²) in [5, 5.41) is 0. The number of esters is 1. The van der Waals surface area contributed by atoms with Gasteiger partial charge in [-0.2, -0.15) is 0 Å². The van der Waals surface area contributed by atoms with Crippen molar-refractivity contribution in [1.29, 1.82) is 0 Å². The average molecular weight is 373 g/mol. The first-order valence-electron chi connectivity index (χ1n) is 7.67. The van der Waals surface area contributed by atoms with Gasteiger partial charge in [0.1, 0.15) is 0 Å². The zero-order valence-corrected chi connectivity index (χ0v) is 14.4. The lowest BCUT2D eigenvalue weighted by Gasteiger charge is -2.13. The summed E-state index contributed by atoms with van der Waals surface area (Å²) in [4.78, 5) is 24.6. The summed E-state index contributed by atoms with van der Waals surface area (Å²) in [5.41, 5.74) is 3.60. The van der Waals surface area contributed by atoms with Crippen LogP contribution in [0.5, 0.6) is 0 Å². The van der Waals surface area contributed by atoms with E-state index in [1.807, 2.05) is 18.2 Å². The molecule has 2 aromatic carbocycles. The molecule has 0 spiro atoms. The summed E-state index contributed by atoms with van der Waals surface area (Å²) in [6, 6.07) is 12.6. The van der Waals surface area contributed by atoms with E-state index in [-0.39, 0.29) is 5.78 Å². The normalized spacial score (nSPS) is 14.2. The number of ether oxygens (including phenoxy) is 1. The molecule has 0 N–H and O–H groups in total. The Morgan fingerprint density at radius 1 is 1.00 bits per heavy atom.